The number of benzene rings is 1. The van der Waals surface area contributed by atoms with Crippen LogP contribution in [0.15, 0.2) is 53.4 Å². The molecule has 5 nitrogen and oxygen atoms in total. The topological polar surface area (TPSA) is 56.5 Å². The molecule has 0 saturated carbocycles. The van der Waals surface area contributed by atoms with Crippen LogP contribution in [0.5, 0.6) is 0 Å². The molecular formula is C17H15ClFN5S. The number of hydrogen-bond donors (Lipinski definition) is 0. The summed E-state index contributed by atoms with van der Waals surface area (Å²) in [5.74, 6) is 0.237. The molecule has 3 aromatic rings. The van der Waals surface area contributed by atoms with Crippen LogP contribution in [0, 0.1) is 5.82 Å². The highest BCUT2D eigenvalue weighted by Crippen LogP contribution is 2.30. The Morgan fingerprint density at radius 1 is 1.24 bits per heavy atom. The number of hydrogen-bond acceptors (Lipinski definition) is 5. The van der Waals surface area contributed by atoms with E-state index in [1.165, 1.54) is 6.33 Å². The monoisotopic (exact) mass is 375 g/mol. The van der Waals surface area contributed by atoms with Crippen molar-refractivity contribution in [2.45, 2.75) is 30.1 Å². The van der Waals surface area contributed by atoms with Crippen molar-refractivity contribution in [2.75, 3.05) is 0 Å². The van der Waals surface area contributed by atoms with Gasteiger partial charge >= 0.3 is 0 Å². The summed E-state index contributed by atoms with van der Waals surface area (Å²) in [6, 6.07) is 7.30. The Labute approximate surface area is 154 Å². The van der Waals surface area contributed by atoms with Gasteiger partial charge in [-0.05, 0) is 42.4 Å². The Kier molecular flexibility index (Phi) is 5.45. The fourth-order valence-corrected chi connectivity index (χ4v) is 3.22. The minimum atomic E-state index is -0.420. The summed E-state index contributed by atoms with van der Waals surface area (Å²) in [4.78, 5) is 7.98. The summed E-state index contributed by atoms with van der Waals surface area (Å²) in [6.45, 7) is 6.10. The summed E-state index contributed by atoms with van der Waals surface area (Å²) < 4.78 is 16.3. The first-order chi connectivity index (χ1) is 12.1. The van der Waals surface area contributed by atoms with Gasteiger partial charge in [-0.25, -0.2) is 14.4 Å². The van der Waals surface area contributed by atoms with Crippen LogP contribution in [0.4, 0.5) is 4.39 Å². The van der Waals surface area contributed by atoms with Crippen molar-refractivity contribution in [3.63, 3.8) is 0 Å². The van der Waals surface area contributed by atoms with Crippen LogP contribution in [-0.2, 0) is 13.0 Å². The summed E-state index contributed by atoms with van der Waals surface area (Å²) in [7, 11) is 0. The predicted molar refractivity (Wildman–Crippen MR) is 96.2 cm³/mol. The molecule has 0 spiro atoms. The summed E-state index contributed by atoms with van der Waals surface area (Å²) in [5, 5.41) is 9.83. The number of rotatable bonds is 6. The van der Waals surface area contributed by atoms with Crippen molar-refractivity contribution in [1.29, 1.82) is 0 Å². The van der Waals surface area contributed by atoms with E-state index < -0.39 is 5.82 Å². The molecular weight excluding hydrogens is 361 g/mol. The molecule has 0 fully saturated rings. The minimum Gasteiger partial charge on any atom is -0.298 e. The van der Waals surface area contributed by atoms with E-state index in [2.05, 4.69) is 26.7 Å². The van der Waals surface area contributed by atoms with Gasteiger partial charge in [-0.15, -0.1) is 16.8 Å². The van der Waals surface area contributed by atoms with Crippen LogP contribution in [0.25, 0.3) is 11.4 Å². The third kappa shape index (κ3) is 3.72. The Morgan fingerprint density at radius 3 is 2.68 bits per heavy atom. The average molecular weight is 376 g/mol. The first-order valence-electron chi connectivity index (χ1n) is 7.61. The van der Waals surface area contributed by atoms with Crippen molar-refractivity contribution < 1.29 is 4.39 Å². The third-order valence-corrected chi connectivity index (χ3v) is 4.70. The van der Waals surface area contributed by atoms with Crippen LogP contribution in [-0.4, -0.2) is 24.7 Å². The molecule has 0 N–H and O–H groups in total. The van der Waals surface area contributed by atoms with Crippen molar-refractivity contribution in [1.82, 2.24) is 24.7 Å². The molecule has 128 valence electrons. The SMILES string of the molecule is C=CCn1c(Sc2ncnc(CC)c2F)nnc1-c1ccc(Cl)cc1. The zero-order valence-corrected chi connectivity index (χ0v) is 15.1. The molecule has 2 heterocycles. The lowest BCUT2D eigenvalue weighted by molar-refractivity contribution is 0.558. The quantitative estimate of drug-likeness (QED) is 0.471. The molecule has 0 unspecified atom stereocenters. The summed E-state index contributed by atoms with van der Waals surface area (Å²) in [5.41, 5.74) is 1.24. The van der Waals surface area contributed by atoms with Gasteiger partial charge in [0.15, 0.2) is 16.8 Å². The van der Waals surface area contributed by atoms with Gasteiger partial charge in [-0.2, -0.15) is 0 Å². The van der Waals surface area contributed by atoms with Crippen LogP contribution in [0.1, 0.15) is 12.6 Å². The molecule has 0 bridgehead atoms. The largest absolute Gasteiger partial charge is 0.298 e. The Morgan fingerprint density at radius 2 is 2.00 bits per heavy atom. The maximum Gasteiger partial charge on any atom is 0.198 e. The molecule has 25 heavy (non-hydrogen) atoms. The van der Waals surface area contributed by atoms with Crippen molar-refractivity contribution in [3.05, 3.63) is 59.8 Å². The zero-order valence-electron chi connectivity index (χ0n) is 13.5. The molecule has 0 saturated heterocycles. The predicted octanol–water partition coefficient (Wildman–Crippen LogP) is 4.43. The highest BCUT2D eigenvalue weighted by atomic mass is 35.5. The molecule has 0 aliphatic heterocycles. The number of aromatic nitrogens is 5. The Bertz CT molecular complexity index is 895. The van der Waals surface area contributed by atoms with Crippen molar-refractivity contribution >= 4 is 23.4 Å². The lowest BCUT2D eigenvalue weighted by Gasteiger charge is -2.08. The van der Waals surface area contributed by atoms with Crippen molar-refractivity contribution in [3.8, 4) is 11.4 Å². The lowest BCUT2D eigenvalue weighted by Crippen LogP contribution is -2.02. The molecule has 3 rings (SSSR count). The van der Waals surface area contributed by atoms with Gasteiger partial charge in [0, 0.05) is 17.1 Å². The number of aryl methyl sites for hydroxylation is 1. The van der Waals surface area contributed by atoms with Gasteiger partial charge in [0.25, 0.3) is 0 Å². The molecule has 0 amide bonds. The van der Waals surface area contributed by atoms with E-state index in [0.29, 0.717) is 34.7 Å². The normalized spacial score (nSPS) is 10.8. The fraction of sp³-hybridized carbons (Fsp3) is 0.176. The fourth-order valence-electron chi connectivity index (χ4n) is 2.26. The molecule has 0 aliphatic rings. The van der Waals surface area contributed by atoms with Gasteiger partial charge in [0.2, 0.25) is 0 Å². The van der Waals surface area contributed by atoms with E-state index in [4.69, 9.17) is 11.6 Å². The van der Waals surface area contributed by atoms with E-state index in [-0.39, 0.29) is 5.03 Å². The zero-order chi connectivity index (χ0) is 17.8. The average Bonchev–Trinajstić information content (AvgIpc) is 3.00. The first-order valence-corrected chi connectivity index (χ1v) is 8.80. The molecule has 2 aromatic heterocycles. The van der Waals surface area contributed by atoms with Crippen LogP contribution < -0.4 is 0 Å². The minimum absolute atomic E-state index is 0.229. The Balaban J connectivity index is 2.00. The second kappa shape index (κ2) is 7.76. The van der Waals surface area contributed by atoms with Gasteiger partial charge in [-0.3, -0.25) is 4.57 Å². The van der Waals surface area contributed by atoms with E-state index >= 15 is 0 Å². The Hall–Kier alpha value is -2.25. The maximum absolute atomic E-state index is 14.4. The van der Waals surface area contributed by atoms with Crippen LogP contribution >= 0.6 is 23.4 Å². The van der Waals surface area contributed by atoms with E-state index in [0.717, 1.165) is 17.3 Å². The molecule has 0 atom stereocenters. The van der Waals surface area contributed by atoms with Crippen molar-refractivity contribution in [2.24, 2.45) is 0 Å². The van der Waals surface area contributed by atoms with Crippen LogP contribution in [0.2, 0.25) is 5.02 Å². The number of halogens is 2. The maximum atomic E-state index is 14.4. The van der Waals surface area contributed by atoms with Gasteiger partial charge < -0.3 is 0 Å². The molecule has 0 aliphatic carbocycles. The number of allylic oxidation sites excluding steroid dienone is 1. The highest BCUT2D eigenvalue weighted by Gasteiger charge is 2.18. The third-order valence-electron chi connectivity index (χ3n) is 3.48. The number of nitrogens with zero attached hydrogens (tertiary/aromatic N) is 5. The summed E-state index contributed by atoms with van der Waals surface area (Å²) >= 11 is 7.06. The van der Waals surface area contributed by atoms with E-state index in [1.54, 1.807) is 18.2 Å². The molecule has 1 aromatic carbocycles. The standard InChI is InChI=1S/C17H15ClFN5S/c1-3-9-24-15(11-5-7-12(18)8-6-11)22-23-17(24)25-16-14(19)13(4-2)20-10-21-16/h3,5-8,10H,1,4,9H2,2H3. The smallest absolute Gasteiger partial charge is 0.198 e. The molecule has 0 radical (unpaired) electrons. The van der Waals surface area contributed by atoms with Gasteiger partial charge in [0.05, 0.1) is 5.69 Å². The molecule has 8 heteroatoms. The van der Waals surface area contributed by atoms with Gasteiger partial charge in [-0.1, -0.05) is 24.6 Å². The second-order valence-corrected chi connectivity index (χ2v) is 6.50. The van der Waals surface area contributed by atoms with E-state index in [9.17, 15) is 4.39 Å². The van der Waals surface area contributed by atoms with Gasteiger partial charge in [0.1, 0.15) is 11.4 Å². The second-order valence-electron chi connectivity index (χ2n) is 5.11. The summed E-state index contributed by atoms with van der Waals surface area (Å²) in [6.07, 6.45) is 3.59. The van der Waals surface area contributed by atoms with E-state index in [1.807, 2.05) is 23.6 Å². The first kappa shape index (κ1) is 17.6. The lowest BCUT2D eigenvalue weighted by atomic mass is 10.2. The van der Waals surface area contributed by atoms with Crippen LogP contribution in [0.3, 0.4) is 0 Å². The highest BCUT2D eigenvalue weighted by molar-refractivity contribution is 7.99.